The highest BCUT2D eigenvalue weighted by Crippen LogP contribution is 1.86. The third-order valence-corrected chi connectivity index (χ3v) is 1.53. The summed E-state index contributed by atoms with van der Waals surface area (Å²) in [7, 11) is -4.35. The minimum absolute atomic E-state index is 0.0806. The van der Waals surface area contributed by atoms with E-state index in [2.05, 4.69) is 10.8 Å². The van der Waals surface area contributed by atoms with Gasteiger partial charge in [-0.1, -0.05) is 6.08 Å². The first-order chi connectivity index (χ1) is 6.56. The molecular formula is C7H14O6S. The Kier molecular flexibility index (Phi) is 7.63. The first-order valence-corrected chi connectivity index (χ1v) is 5.31. The second-order valence-corrected chi connectivity index (χ2v) is 3.32. The molecule has 14 heavy (non-hydrogen) atoms. The van der Waals surface area contributed by atoms with Crippen molar-refractivity contribution in [2.24, 2.45) is 0 Å². The number of hydrogen-bond donors (Lipinski definition) is 1. The predicted octanol–water partition coefficient (Wildman–Crippen LogP) is 0.0250. The van der Waals surface area contributed by atoms with E-state index in [9.17, 15) is 8.42 Å². The summed E-state index contributed by atoms with van der Waals surface area (Å²) in [6, 6.07) is 0. The minimum Gasteiger partial charge on any atom is -0.377 e. The second kappa shape index (κ2) is 7.89. The van der Waals surface area contributed by atoms with Crippen LogP contribution in [0.25, 0.3) is 0 Å². The SMILES string of the molecule is C=CCOCCOCCOS(=O)(=O)O. The Hall–Kier alpha value is -0.470. The van der Waals surface area contributed by atoms with Crippen molar-refractivity contribution < 1.29 is 26.6 Å². The standard InChI is InChI=1S/C7H14O6S/c1-2-3-11-4-5-12-6-7-13-14(8,9)10/h2H,1,3-7H2,(H,8,9,10). The van der Waals surface area contributed by atoms with Crippen LogP contribution in [-0.4, -0.2) is 46.0 Å². The van der Waals surface area contributed by atoms with E-state index in [1.54, 1.807) is 6.08 Å². The molecule has 6 nitrogen and oxygen atoms in total. The third kappa shape index (κ3) is 11.5. The molecule has 0 aliphatic heterocycles. The largest absolute Gasteiger partial charge is 0.397 e. The van der Waals surface area contributed by atoms with E-state index in [1.165, 1.54) is 0 Å². The predicted molar refractivity (Wildman–Crippen MR) is 49.3 cm³/mol. The van der Waals surface area contributed by atoms with Gasteiger partial charge in [0.25, 0.3) is 0 Å². The van der Waals surface area contributed by atoms with Crippen molar-refractivity contribution in [3.63, 3.8) is 0 Å². The van der Waals surface area contributed by atoms with E-state index < -0.39 is 10.4 Å². The Bertz CT molecular complexity index is 235. The quantitative estimate of drug-likeness (QED) is 0.339. The van der Waals surface area contributed by atoms with Gasteiger partial charge in [0.05, 0.1) is 33.0 Å². The molecule has 0 fully saturated rings. The molecule has 0 atom stereocenters. The van der Waals surface area contributed by atoms with Crippen LogP contribution in [0.4, 0.5) is 0 Å². The molecule has 0 amide bonds. The van der Waals surface area contributed by atoms with Crippen molar-refractivity contribution in [3.8, 4) is 0 Å². The van der Waals surface area contributed by atoms with Gasteiger partial charge in [-0.2, -0.15) is 8.42 Å². The maximum atomic E-state index is 10.0. The van der Waals surface area contributed by atoms with Crippen LogP contribution in [0.1, 0.15) is 0 Å². The fourth-order valence-corrected chi connectivity index (χ4v) is 0.863. The Labute approximate surface area is 83.4 Å². The summed E-state index contributed by atoms with van der Waals surface area (Å²) in [5, 5.41) is 0. The van der Waals surface area contributed by atoms with Gasteiger partial charge in [0.2, 0.25) is 0 Å². The number of hydrogen-bond acceptors (Lipinski definition) is 5. The van der Waals surface area contributed by atoms with Crippen LogP contribution in [0, 0.1) is 0 Å². The minimum atomic E-state index is -4.35. The lowest BCUT2D eigenvalue weighted by Gasteiger charge is -2.03. The molecular weight excluding hydrogens is 212 g/mol. The zero-order valence-corrected chi connectivity index (χ0v) is 8.53. The zero-order chi connectivity index (χ0) is 10.9. The molecule has 0 aromatic carbocycles. The smallest absolute Gasteiger partial charge is 0.377 e. The molecule has 0 saturated heterocycles. The summed E-state index contributed by atoms with van der Waals surface area (Å²) in [6.07, 6.45) is 1.61. The maximum Gasteiger partial charge on any atom is 0.397 e. The summed E-state index contributed by atoms with van der Waals surface area (Å²) in [4.78, 5) is 0. The highest BCUT2D eigenvalue weighted by Gasteiger charge is 2.02. The average Bonchev–Trinajstić information content (AvgIpc) is 2.08. The highest BCUT2D eigenvalue weighted by atomic mass is 32.3. The lowest BCUT2D eigenvalue weighted by Crippen LogP contribution is -2.12. The Balaban J connectivity index is 3.10. The van der Waals surface area contributed by atoms with Crippen LogP contribution in [0.3, 0.4) is 0 Å². The van der Waals surface area contributed by atoms with Crippen molar-refractivity contribution in [2.45, 2.75) is 0 Å². The molecule has 1 N–H and O–H groups in total. The van der Waals surface area contributed by atoms with Gasteiger partial charge in [-0.25, -0.2) is 4.18 Å². The van der Waals surface area contributed by atoms with E-state index in [-0.39, 0.29) is 13.2 Å². The third-order valence-electron chi connectivity index (χ3n) is 1.07. The second-order valence-electron chi connectivity index (χ2n) is 2.23. The van der Waals surface area contributed by atoms with Gasteiger partial charge in [-0.3, -0.25) is 4.55 Å². The Morgan fingerprint density at radius 1 is 1.14 bits per heavy atom. The molecule has 0 spiro atoms. The molecule has 0 bridgehead atoms. The van der Waals surface area contributed by atoms with Crippen molar-refractivity contribution >= 4 is 10.4 Å². The fourth-order valence-electron chi connectivity index (χ4n) is 0.585. The normalized spacial score (nSPS) is 11.5. The lowest BCUT2D eigenvalue weighted by atomic mass is 10.7. The number of rotatable bonds is 9. The monoisotopic (exact) mass is 226 g/mol. The summed E-state index contributed by atoms with van der Waals surface area (Å²) in [6.45, 7) is 4.51. The Morgan fingerprint density at radius 3 is 2.29 bits per heavy atom. The Morgan fingerprint density at radius 2 is 1.71 bits per heavy atom. The van der Waals surface area contributed by atoms with Gasteiger partial charge in [-0.15, -0.1) is 6.58 Å². The molecule has 0 heterocycles. The van der Waals surface area contributed by atoms with Crippen LogP contribution in [0.15, 0.2) is 12.7 Å². The van der Waals surface area contributed by atoms with E-state index in [1.807, 2.05) is 0 Å². The van der Waals surface area contributed by atoms with Crippen LogP contribution in [0.5, 0.6) is 0 Å². The van der Waals surface area contributed by atoms with E-state index in [0.717, 1.165) is 0 Å². The van der Waals surface area contributed by atoms with Gasteiger partial charge >= 0.3 is 10.4 Å². The van der Waals surface area contributed by atoms with Crippen LogP contribution >= 0.6 is 0 Å². The molecule has 0 unspecified atom stereocenters. The lowest BCUT2D eigenvalue weighted by molar-refractivity contribution is 0.0442. The van der Waals surface area contributed by atoms with Crippen LogP contribution in [-0.2, 0) is 24.1 Å². The first-order valence-electron chi connectivity index (χ1n) is 3.94. The van der Waals surface area contributed by atoms with E-state index in [0.29, 0.717) is 19.8 Å². The maximum absolute atomic E-state index is 10.0. The summed E-state index contributed by atoms with van der Waals surface area (Å²) in [5.74, 6) is 0. The average molecular weight is 226 g/mol. The van der Waals surface area contributed by atoms with Gasteiger partial charge in [0.1, 0.15) is 0 Å². The first kappa shape index (κ1) is 13.5. The molecule has 0 radical (unpaired) electrons. The molecule has 0 rings (SSSR count). The topological polar surface area (TPSA) is 82.1 Å². The van der Waals surface area contributed by atoms with Crippen LogP contribution in [0.2, 0.25) is 0 Å². The van der Waals surface area contributed by atoms with E-state index >= 15 is 0 Å². The summed E-state index contributed by atoms with van der Waals surface area (Å²) < 4.78 is 42.1. The van der Waals surface area contributed by atoms with Gasteiger partial charge in [0.15, 0.2) is 0 Å². The molecule has 0 aliphatic carbocycles. The van der Waals surface area contributed by atoms with Gasteiger partial charge < -0.3 is 9.47 Å². The summed E-state index contributed by atoms with van der Waals surface area (Å²) in [5.41, 5.74) is 0. The zero-order valence-electron chi connectivity index (χ0n) is 7.72. The number of ether oxygens (including phenoxy) is 2. The van der Waals surface area contributed by atoms with Crippen LogP contribution < -0.4 is 0 Å². The highest BCUT2D eigenvalue weighted by molar-refractivity contribution is 7.80. The van der Waals surface area contributed by atoms with Crippen molar-refractivity contribution in [2.75, 3.05) is 33.0 Å². The molecule has 84 valence electrons. The molecule has 0 aliphatic rings. The van der Waals surface area contributed by atoms with E-state index in [4.69, 9.17) is 14.0 Å². The van der Waals surface area contributed by atoms with Gasteiger partial charge in [0, 0.05) is 0 Å². The van der Waals surface area contributed by atoms with Crippen molar-refractivity contribution in [1.82, 2.24) is 0 Å². The summed E-state index contributed by atoms with van der Waals surface area (Å²) >= 11 is 0. The molecule has 7 heteroatoms. The molecule has 0 aromatic rings. The molecule has 0 saturated carbocycles. The molecule has 0 aromatic heterocycles. The van der Waals surface area contributed by atoms with Crippen molar-refractivity contribution in [1.29, 1.82) is 0 Å². The van der Waals surface area contributed by atoms with Crippen molar-refractivity contribution in [3.05, 3.63) is 12.7 Å². The fraction of sp³-hybridized carbons (Fsp3) is 0.714. The van der Waals surface area contributed by atoms with Gasteiger partial charge in [-0.05, 0) is 0 Å².